The summed E-state index contributed by atoms with van der Waals surface area (Å²) in [6.07, 6.45) is 1.99. The first kappa shape index (κ1) is 14.0. The van der Waals surface area contributed by atoms with Crippen LogP contribution in [0.15, 0.2) is 12.1 Å². The molecule has 0 unspecified atom stereocenters. The van der Waals surface area contributed by atoms with E-state index in [1.54, 1.807) is 11.8 Å². The van der Waals surface area contributed by atoms with Gasteiger partial charge in [0.15, 0.2) is 0 Å². The van der Waals surface area contributed by atoms with Crippen molar-refractivity contribution in [3.05, 3.63) is 29.3 Å². The molecule has 1 saturated carbocycles. The average molecular weight is 291 g/mol. The maximum Gasteiger partial charge on any atom is 0.272 e. The first-order valence-electron chi connectivity index (χ1n) is 7.27. The molecule has 112 valence electrons. The Morgan fingerprint density at radius 3 is 2.33 bits per heavy atom. The highest BCUT2D eigenvalue weighted by atomic mass is 19.1. The predicted octanol–water partition coefficient (Wildman–Crippen LogP) is 1.22. The lowest BCUT2D eigenvalue weighted by molar-refractivity contribution is -0.134. The molecule has 2 heterocycles. The van der Waals surface area contributed by atoms with Crippen LogP contribution in [-0.4, -0.2) is 52.8 Å². The van der Waals surface area contributed by atoms with E-state index in [9.17, 15) is 14.0 Å². The second-order valence-electron chi connectivity index (χ2n) is 5.66. The van der Waals surface area contributed by atoms with Gasteiger partial charge in [-0.3, -0.25) is 9.59 Å². The third-order valence-electron chi connectivity index (χ3n) is 4.05. The molecule has 1 aromatic rings. The van der Waals surface area contributed by atoms with Crippen molar-refractivity contribution in [3.8, 4) is 0 Å². The fourth-order valence-electron chi connectivity index (χ4n) is 2.54. The molecule has 2 amide bonds. The number of piperazine rings is 1. The smallest absolute Gasteiger partial charge is 0.272 e. The maximum absolute atomic E-state index is 13.2. The zero-order valence-electron chi connectivity index (χ0n) is 12.0. The number of rotatable bonds is 2. The molecular weight excluding hydrogens is 273 g/mol. The van der Waals surface area contributed by atoms with Gasteiger partial charge in [0, 0.05) is 32.1 Å². The molecule has 21 heavy (non-hydrogen) atoms. The van der Waals surface area contributed by atoms with Crippen LogP contribution in [0.1, 0.15) is 29.0 Å². The minimum Gasteiger partial charge on any atom is -0.339 e. The number of hydrogen-bond acceptors (Lipinski definition) is 3. The van der Waals surface area contributed by atoms with Gasteiger partial charge in [0.1, 0.15) is 11.5 Å². The van der Waals surface area contributed by atoms with Gasteiger partial charge in [-0.2, -0.15) is 0 Å². The van der Waals surface area contributed by atoms with Gasteiger partial charge in [-0.1, -0.05) is 0 Å². The van der Waals surface area contributed by atoms with E-state index in [1.165, 1.54) is 12.1 Å². The zero-order chi connectivity index (χ0) is 15.0. The highest BCUT2D eigenvalue weighted by Crippen LogP contribution is 2.31. The summed E-state index contributed by atoms with van der Waals surface area (Å²) >= 11 is 0. The topological polar surface area (TPSA) is 53.5 Å². The van der Waals surface area contributed by atoms with Crippen molar-refractivity contribution in [3.63, 3.8) is 0 Å². The minimum atomic E-state index is -0.411. The molecular formula is C15H18FN3O2. The van der Waals surface area contributed by atoms with Crippen molar-refractivity contribution in [1.29, 1.82) is 0 Å². The summed E-state index contributed by atoms with van der Waals surface area (Å²) in [7, 11) is 0. The molecule has 2 aliphatic rings. The molecule has 3 rings (SSSR count). The summed E-state index contributed by atoms with van der Waals surface area (Å²) in [6.45, 7) is 3.70. The van der Waals surface area contributed by atoms with Crippen LogP contribution < -0.4 is 0 Å². The van der Waals surface area contributed by atoms with E-state index in [0.29, 0.717) is 26.2 Å². The van der Waals surface area contributed by atoms with Gasteiger partial charge in [0.05, 0.1) is 5.69 Å². The Balaban J connectivity index is 1.61. The molecule has 0 radical (unpaired) electrons. The number of halogens is 1. The molecule has 1 aliphatic heterocycles. The number of pyridine rings is 1. The van der Waals surface area contributed by atoms with Crippen molar-refractivity contribution in [1.82, 2.24) is 14.8 Å². The van der Waals surface area contributed by atoms with Gasteiger partial charge in [-0.15, -0.1) is 0 Å². The number of amides is 2. The number of aryl methyl sites for hydroxylation is 1. The maximum atomic E-state index is 13.2. The first-order chi connectivity index (χ1) is 10.1. The summed E-state index contributed by atoms with van der Waals surface area (Å²) in [6, 6.07) is 2.68. The van der Waals surface area contributed by atoms with Crippen molar-refractivity contribution >= 4 is 11.8 Å². The number of carbonyl (C=O) groups is 2. The highest BCUT2D eigenvalue weighted by Gasteiger charge is 2.35. The van der Waals surface area contributed by atoms with Gasteiger partial charge in [0.25, 0.3) is 5.91 Å². The molecule has 5 nitrogen and oxygen atoms in total. The zero-order valence-corrected chi connectivity index (χ0v) is 12.0. The minimum absolute atomic E-state index is 0.198. The van der Waals surface area contributed by atoms with Gasteiger partial charge in [-0.25, -0.2) is 9.37 Å². The lowest BCUT2D eigenvalue weighted by Gasteiger charge is -2.34. The van der Waals surface area contributed by atoms with Crippen LogP contribution in [0, 0.1) is 18.7 Å². The summed E-state index contributed by atoms with van der Waals surface area (Å²) < 4.78 is 13.2. The molecule has 1 saturated heterocycles. The van der Waals surface area contributed by atoms with Crippen LogP contribution in [-0.2, 0) is 4.79 Å². The standard InChI is InChI=1S/C15H18FN3O2/c1-10-12(16)4-5-13(17-10)15(21)19-8-6-18(7-9-19)14(20)11-2-3-11/h4-5,11H,2-3,6-9H2,1H3. The Morgan fingerprint density at radius 2 is 1.76 bits per heavy atom. The third-order valence-corrected chi connectivity index (χ3v) is 4.05. The van der Waals surface area contributed by atoms with Crippen molar-refractivity contribution < 1.29 is 14.0 Å². The molecule has 0 atom stereocenters. The van der Waals surface area contributed by atoms with Crippen LogP contribution >= 0.6 is 0 Å². The quantitative estimate of drug-likeness (QED) is 0.823. The molecule has 0 bridgehead atoms. The second-order valence-corrected chi connectivity index (χ2v) is 5.66. The molecule has 6 heteroatoms. The van der Waals surface area contributed by atoms with Gasteiger partial charge in [-0.05, 0) is 31.9 Å². The van der Waals surface area contributed by atoms with E-state index < -0.39 is 5.82 Å². The molecule has 0 N–H and O–H groups in total. The van der Waals surface area contributed by atoms with Crippen LogP contribution in [0.5, 0.6) is 0 Å². The Kier molecular flexibility index (Phi) is 3.61. The van der Waals surface area contributed by atoms with E-state index in [0.717, 1.165) is 12.8 Å². The van der Waals surface area contributed by atoms with Crippen molar-refractivity contribution in [2.24, 2.45) is 5.92 Å². The third kappa shape index (κ3) is 2.89. The predicted molar refractivity (Wildman–Crippen MR) is 74.1 cm³/mol. The van der Waals surface area contributed by atoms with Crippen LogP contribution in [0.3, 0.4) is 0 Å². The van der Waals surface area contributed by atoms with E-state index in [2.05, 4.69) is 4.98 Å². The van der Waals surface area contributed by atoms with Gasteiger partial charge >= 0.3 is 0 Å². The largest absolute Gasteiger partial charge is 0.339 e. The molecule has 0 aromatic carbocycles. The first-order valence-corrected chi connectivity index (χ1v) is 7.27. The lowest BCUT2D eigenvalue weighted by Crippen LogP contribution is -2.51. The number of aromatic nitrogens is 1. The fraction of sp³-hybridized carbons (Fsp3) is 0.533. The molecule has 0 spiro atoms. The Bertz CT molecular complexity index is 578. The van der Waals surface area contributed by atoms with Crippen LogP contribution in [0.2, 0.25) is 0 Å². The number of carbonyl (C=O) groups excluding carboxylic acids is 2. The summed E-state index contributed by atoms with van der Waals surface area (Å²) in [5.74, 6) is -0.172. The van der Waals surface area contributed by atoms with E-state index >= 15 is 0 Å². The van der Waals surface area contributed by atoms with E-state index in [-0.39, 0.29) is 29.1 Å². The van der Waals surface area contributed by atoms with Gasteiger partial charge < -0.3 is 9.80 Å². The Morgan fingerprint density at radius 1 is 1.14 bits per heavy atom. The second kappa shape index (κ2) is 5.42. The summed E-state index contributed by atoms with van der Waals surface area (Å²) in [5.41, 5.74) is 0.485. The normalized spacial score (nSPS) is 18.8. The number of hydrogen-bond donors (Lipinski definition) is 0. The average Bonchev–Trinajstić information content (AvgIpc) is 3.33. The molecule has 1 aliphatic carbocycles. The monoisotopic (exact) mass is 291 g/mol. The summed E-state index contributed by atoms with van der Waals surface area (Å²) in [5, 5.41) is 0. The van der Waals surface area contributed by atoms with Crippen molar-refractivity contribution in [2.45, 2.75) is 19.8 Å². The van der Waals surface area contributed by atoms with E-state index in [1.807, 2.05) is 4.90 Å². The Hall–Kier alpha value is -1.98. The van der Waals surface area contributed by atoms with Crippen LogP contribution in [0.4, 0.5) is 4.39 Å². The van der Waals surface area contributed by atoms with Crippen LogP contribution in [0.25, 0.3) is 0 Å². The SMILES string of the molecule is Cc1nc(C(=O)N2CCN(C(=O)C3CC3)CC2)ccc1F. The summed E-state index contributed by atoms with van der Waals surface area (Å²) in [4.78, 5) is 31.8. The van der Waals surface area contributed by atoms with Crippen molar-refractivity contribution in [2.75, 3.05) is 26.2 Å². The van der Waals surface area contributed by atoms with E-state index in [4.69, 9.17) is 0 Å². The highest BCUT2D eigenvalue weighted by molar-refractivity contribution is 5.92. The van der Waals surface area contributed by atoms with Gasteiger partial charge in [0.2, 0.25) is 5.91 Å². The fourth-order valence-corrected chi connectivity index (χ4v) is 2.54. The lowest BCUT2D eigenvalue weighted by atomic mass is 10.2. The molecule has 2 fully saturated rings. The number of nitrogens with zero attached hydrogens (tertiary/aromatic N) is 3. The Labute approximate surface area is 122 Å². The molecule has 1 aromatic heterocycles.